The lowest BCUT2D eigenvalue weighted by Gasteiger charge is -2.20. The predicted molar refractivity (Wildman–Crippen MR) is 74.9 cm³/mol. The largest absolute Gasteiger partial charge is 0.480 e. The maximum absolute atomic E-state index is 11.4. The average Bonchev–Trinajstić information content (AvgIpc) is 2.43. The minimum Gasteiger partial charge on any atom is -0.480 e. The Morgan fingerprint density at radius 3 is 2.60 bits per heavy atom. The van der Waals surface area contributed by atoms with Crippen molar-refractivity contribution in [3.63, 3.8) is 0 Å². The molecule has 2 unspecified atom stereocenters. The molecule has 0 aromatic heterocycles. The van der Waals surface area contributed by atoms with E-state index in [0.29, 0.717) is 12.0 Å². The predicted octanol–water partition coefficient (Wildman–Crippen LogP) is 2.26. The summed E-state index contributed by atoms with van der Waals surface area (Å²) in [4.78, 5) is 22.7. The van der Waals surface area contributed by atoms with Gasteiger partial charge in [0.1, 0.15) is 6.04 Å². The van der Waals surface area contributed by atoms with Crippen LogP contribution in [0, 0.1) is 0 Å². The molecular weight excluding hydrogens is 258 g/mol. The molecule has 0 bridgehead atoms. The highest BCUT2D eigenvalue weighted by Gasteiger charge is 2.22. The number of allylic oxidation sites excluding steroid dienone is 1. The fourth-order valence-electron chi connectivity index (χ4n) is 1.70. The number of aliphatic carboxylic acids is 1. The van der Waals surface area contributed by atoms with Crippen LogP contribution in [0.5, 0.6) is 0 Å². The molecule has 0 radical (unpaired) electrons. The first-order valence-corrected chi connectivity index (χ1v) is 6.38. The van der Waals surface area contributed by atoms with Gasteiger partial charge in [-0.3, -0.25) is 14.9 Å². The van der Waals surface area contributed by atoms with Crippen molar-refractivity contribution in [3.05, 3.63) is 48.6 Å². The van der Waals surface area contributed by atoms with Crippen LogP contribution in [0.2, 0.25) is 0 Å². The van der Waals surface area contributed by atoms with Gasteiger partial charge >= 0.3 is 11.9 Å². The number of carbonyl (C=O) groups is 2. The zero-order valence-electron chi connectivity index (χ0n) is 11.4. The van der Waals surface area contributed by atoms with Gasteiger partial charge in [0.25, 0.3) is 0 Å². The van der Waals surface area contributed by atoms with Gasteiger partial charge in [-0.15, -0.1) is 6.58 Å². The smallest absolute Gasteiger partial charge is 0.325 e. The van der Waals surface area contributed by atoms with E-state index in [1.807, 2.05) is 0 Å². The van der Waals surface area contributed by atoms with E-state index in [-0.39, 0.29) is 12.4 Å². The van der Waals surface area contributed by atoms with Crippen LogP contribution in [0.3, 0.4) is 0 Å². The average molecular weight is 277 g/mol. The number of esters is 1. The highest BCUT2D eigenvalue weighted by Crippen LogP contribution is 2.14. The van der Waals surface area contributed by atoms with E-state index < -0.39 is 18.2 Å². The van der Waals surface area contributed by atoms with Gasteiger partial charge in [-0.25, -0.2) is 0 Å². The molecule has 0 aliphatic carbocycles. The summed E-state index contributed by atoms with van der Waals surface area (Å²) in [5.41, 5.74) is 0.606. The standard InChI is InChI=1S/C15H19NO4/c1-3-4-10-13(17)20-11(2)16-14(15(18)19)12-8-6-5-7-9-12/h3,5-9,11,14,16H,1,4,10H2,2H3,(H,18,19). The Hall–Kier alpha value is -2.14. The maximum atomic E-state index is 11.4. The van der Waals surface area contributed by atoms with Gasteiger partial charge in [-0.1, -0.05) is 36.4 Å². The number of ether oxygens (including phenoxy) is 1. The fourth-order valence-corrected chi connectivity index (χ4v) is 1.70. The molecule has 1 aromatic rings. The molecule has 0 aliphatic rings. The minimum atomic E-state index is -1.02. The Balaban J connectivity index is 2.60. The van der Waals surface area contributed by atoms with E-state index in [1.165, 1.54) is 0 Å². The van der Waals surface area contributed by atoms with Crippen LogP contribution in [-0.2, 0) is 14.3 Å². The van der Waals surface area contributed by atoms with Crippen LogP contribution in [0.4, 0.5) is 0 Å². The molecule has 1 rings (SSSR count). The fraction of sp³-hybridized carbons (Fsp3) is 0.333. The molecule has 0 spiro atoms. The number of benzene rings is 1. The maximum Gasteiger partial charge on any atom is 0.325 e. The Bertz CT molecular complexity index is 458. The third-order valence-electron chi connectivity index (χ3n) is 2.64. The second-order valence-corrected chi connectivity index (χ2v) is 4.31. The number of nitrogens with one attached hydrogen (secondary N) is 1. The second-order valence-electron chi connectivity index (χ2n) is 4.31. The summed E-state index contributed by atoms with van der Waals surface area (Å²) in [5.74, 6) is -1.41. The number of rotatable bonds is 8. The minimum absolute atomic E-state index is 0.235. The van der Waals surface area contributed by atoms with E-state index >= 15 is 0 Å². The Labute approximate surface area is 118 Å². The SMILES string of the molecule is C=CCCC(=O)OC(C)NC(C(=O)O)c1ccccc1. The number of hydrogen-bond donors (Lipinski definition) is 2. The second kappa shape index (κ2) is 8.12. The molecule has 1 aromatic carbocycles. The number of carbonyl (C=O) groups excluding carboxylic acids is 1. The number of carboxylic acid groups (broad SMARTS) is 1. The van der Waals surface area contributed by atoms with E-state index in [0.717, 1.165) is 0 Å². The summed E-state index contributed by atoms with van der Waals surface area (Å²) in [6, 6.07) is 7.82. The highest BCUT2D eigenvalue weighted by molar-refractivity contribution is 5.75. The Morgan fingerprint density at radius 1 is 1.40 bits per heavy atom. The van der Waals surface area contributed by atoms with Crippen molar-refractivity contribution in [3.8, 4) is 0 Å². The lowest BCUT2D eigenvalue weighted by atomic mass is 10.1. The van der Waals surface area contributed by atoms with Gasteiger partial charge in [-0.2, -0.15) is 0 Å². The van der Waals surface area contributed by atoms with Gasteiger partial charge in [0.2, 0.25) is 0 Å². The zero-order chi connectivity index (χ0) is 15.0. The first-order valence-electron chi connectivity index (χ1n) is 6.38. The first-order chi connectivity index (χ1) is 9.54. The summed E-state index contributed by atoms with van der Waals surface area (Å²) in [5, 5.41) is 12.0. The van der Waals surface area contributed by atoms with Gasteiger partial charge in [0.15, 0.2) is 6.23 Å². The molecular formula is C15H19NO4. The number of carboxylic acids is 1. The van der Waals surface area contributed by atoms with Crippen molar-refractivity contribution in [2.24, 2.45) is 0 Å². The van der Waals surface area contributed by atoms with Crippen LogP contribution in [0.25, 0.3) is 0 Å². The monoisotopic (exact) mass is 277 g/mol. The van der Waals surface area contributed by atoms with Crippen LogP contribution in [0.15, 0.2) is 43.0 Å². The summed E-state index contributed by atoms with van der Waals surface area (Å²) in [7, 11) is 0. The molecule has 0 fully saturated rings. The lowest BCUT2D eigenvalue weighted by Crippen LogP contribution is -2.38. The molecule has 0 heterocycles. The third kappa shape index (κ3) is 5.24. The number of hydrogen-bond acceptors (Lipinski definition) is 4. The van der Waals surface area contributed by atoms with Crippen LogP contribution >= 0.6 is 0 Å². The molecule has 5 heteroatoms. The summed E-state index contributed by atoms with van der Waals surface area (Å²) < 4.78 is 5.09. The Kier molecular flexibility index (Phi) is 6.46. The quantitative estimate of drug-likeness (QED) is 0.433. The first kappa shape index (κ1) is 15.9. The Morgan fingerprint density at radius 2 is 2.05 bits per heavy atom. The molecule has 20 heavy (non-hydrogen) atoms. The van der Waals surface area contributed by atoms with Crippen molar-refractivity contribution in [1.82, 2.24) is 5.32 Å². The molecule has 0 saturated carbocycles. The highest BCUT2D eigenvalue weighted by atomic mass is 16.6. The van der Waals surface area contributed by atoms with Crippen molar-refractivity contribution >= 4 is 11.9 Å². The molecule has 0 aliphatic heterocycles. The van der Waals surface area contributed by atoms with Crippen LogP contribution in [-0.4, -0.2) is 23.3 Å². The van der Waals surface area contributed by atoms with Gasteiger partial charge in [-0.05, 0) is 18.9 Å². The normalized spacial score (nSPS) is 13.2. The van der Waals surface area contributed by atoms with Crippen LogP contribution in [0.1, 0.15) is 31.4 Å². The zero-order valence-corrected chi connectivity index (χ0v) is 11.4. The van der Waals surface area contributed by atoms with Gasteiger partial charge in [0, 0.05) is 6.42 Å². The molecule has 108 valence electrons. The summed E-state index contributed by atoms with van der Waals surface area (Å²) in [6.07, 6.45) is 1.71. The third-order valence-corrected chi connectivity index (χ3v) is 2.64. The van der Waals surface area contributed by atoms with Crippen molar-refractivity contribution < 1.29 is 19.4 Å². The van der Waals surface area contributed by atoms with Gasteiger partial charge < -0.3 is 9.84 Å². The molecule has 5 nitrogen and oxygen atoms in total. The molecule has 0 amide bonds. The lowest BCUT2D eigenvalue weighted by molar-refractivity contribution is -0.153. The topological polar surface area (TPSA) is 75.6 Å². The summed E-state index contributed by atoms with van der Waals surface area (Å²) in [6.45, 7) is 5.12. The van der Waals surface area contributed by atoms with Crippen molar-refractivity contribution in [1.29, 1.82) is 0 Å². The van der Waals surface area contributed by atoms with E-state index in [1.54, 1.807) is 43.3 Å². The van der Waals surface area contributed by atoms with Crippen molar-refractivity contribution in [2.75, 3.05) is 0 Å². The van der Waals surface area contributed by atoms with E-state index in [2.05, 4.69) is 11.9 Å². The summed E-state index contributed by atoms with van der Waals surface area (Å²) >= 11 is 0. The van der Waals surface area contributed by atoms with E-state index in [4.69, 9.17) is 4.74 Å². The van der Waals surface area contributed by atoms with E-state index in [9.17, 15) is 14.7 Å². The molecule has 0 saturated heterocycles. The molecule has 2 atom stereocenters. The molecule has 2 N–H and O–H groups in total. The van der Waals surface area contributed by atoms with Crippen molar-refractivity contribution in [2.45, 2.75) is 32.0 Å². The van der Waals surface area contributed by atoms with Crippen LogP contribution < -0.4 is 5.32 Å². The van der Waals surface area contributed by atoms with Gasteiger partial charge in [0.05, 0.1) is 0 Å².